The second-order valence-corrected chi connectivity index (χ2v) is 5.88. The maximum absolute atomic E-state index is 5.97. The molecule has 0 fully saturated rings. The van der Waals surface area contributed by atoms with E-state index < -0.39 is 0 Å². The molecule has 0 saturated carbocycles. The zero-order chi connectivity index (χ0) is 14.7. The molecule has 0 N–H and O–H groups in total. The van der Waals surface area contributed by atoms with Crippen LogP contribution in [0.25, 0.3) is 0 Å². The van der Waals surface area contributed by atoms with Crippen LogP contribution in [0.2, 0.25) is 0 Å². The number of hydrogen-bond donors (Lipinski definition) is 0. The van der Waals surface area contributed by atoms with Crippen LogP contribution in [0, 0.1) is 0 Å². The third-order valence-electron chi connectivity index (χ3n) is 3.47. The number of hydrogen-bond acceptors (Lipinski definition) is 3. The molecule has 3 rings (SSSR count). The van der Waals surface area contributed by atoms with E-state index in [4.69, 9.17) is 14.2 Å². The first-order chi connectivity index (χ1) is 10.3. The monoisotopic (exact) mass is 348 g/mol. The van der Waals surface area contributed by atoms with Crippen LogP contribution in [0.15, 0.2) is 46.9 Å². The standard InChI is InChI=1S/C17H17BrO3/c1-19-11-13-9-14-15(18)7-8-16(17(14)21-13)20-10-12-5-3-2-4-6-12/h2-8,13H,9-11H2,1H3. The van der Waals surface area contributed by atoms with Gasteiger partial charge >= 0.3 is 0 Å². The van der Waals surface area contributed by atoms with Gasteiger partial charge in [0.15, 0.2) is 11.5 Å². The van der Waals surface area contributed by atoms with Gasteiger partial charge in [0, 0.05) is 23.6 Å². The molecule has 2 aromatic rings. The van der Waals surface area contributed by atoms with E-state index in [0.29, 0.717) is 13.2 Å². The normalized spacial score (nSPS) is 16.4. The van der Waals surface area contributed by atoms with Crippen LogP contribution in [0.3, 0.4) is 0 Å². The zero-order valence-electron chi connectivity index (χ0n) is 11.8. The van der Waals surface area contributed by atoms with Gasteiger partial charge in [0.05, 0.1) is 6.61 Å². The van der Waals surface area contributed by atoms with Gasteiger partial charge < -0.3 is 14.2 Å². The lowest BCUT2D eigenvalue weighted by Crippen LogP contribution is -2.19. The van der Waals surface area contributed by atoms with E-state index in [1.165, 1.54) is 0 Å². The van der Waals surface area contributed by atoms with Crippen molar-refractivity contribution in [2.24, 2.45) is 0 Å². The number of methoxy groups -OCH3 is 1. The molecular weight excluding hydrogens is 332 g/mol. The quantitative estimate of drug-likeness (QED) is 0.817. The molecule has 0 aliphatic carbocycles. The smallest absolute Gasteiger partial charge is 0.166 e. The summed E-state index contributed by atoms with van der Waals surface area (Å²) >= 11 is 3.58. The van der Waals surface area contributed by atoms with E-state index >= 15 is 0 Å². The average molecular weight is 349 g/mol. The summed E-state index contributed by atoms with van der Waals surface area (Å²) in [5, 5.41) is 0. The predicted molar refractivity (Wildman–Crippen MR) is 84.9 cm³/mol. The molecule has 1 aliphatic rings. The van der Waals surface area contributed by atoms with Crippen molar-refractivity contribution in [3.05, 3.63) is 58.1 Å². The Labute approximate surface area is 133 Å². The van der Waals surface area contributed by atoms with Crippen molar-refractivity contribution in [3.8, 4) is 11.5 Å². The third-order valence-corrected chi connectivity index (χ3v) is 4.22. The molecular formula is C17H17BrO3. The van der Waals surface area contributed by atoms with Crippen LogP contribution in [-0.2, 0) is 17.8 Å². The van der Waals surface area contributed by atoms with E-state index in [1.54, 1.807) is 7.11 Å². The molecule has 21 heavy (non-hydrogen) atoms. The van der Waals surface area contributed by atoms with Crippen molar-refractivity contribution in [1.82, 2.24) is 0 Å². The van der Waals surface area contributed by atoms with Gasteiger partial charge in [-0.3, -0.25) is 0 Å². The molecule has 2 aromatic carbocycles. The fourth-order valence-electron chi connectivity index (χ4n) is 2.47. The van der Waals surface area contributed by atoms with E-state index in [0.717, 1.165) is 33.5 Å². The largest absolute Gasteiger partial charge is 0.485 e. The van der Waals surface area contributed by atoms with Gasteiger partial charge in [-0.25, -0.2) is 0 Å². The van der Waals surface area contributed by atoms with Gasteiger partial charge in [-0.15, -0.1) is 0 Å². The van der Waals surface area contributed by atoms with Crippen LogP contribution in [0.1, 0.15) is 11.1 Å². The van der Waals surface area contributed by atoms with Gasteiger partial charge in [0.2, 0.25) is 0 Å². The highest BCUT2D eigenvalue weighted by Crippen LogP contribution is 2.42. The summed E-state index contributed by atoms with van der Waals surface area (Å²) < 4.78 is 18.1. The van der Waals surface area contributed by atoms with Gasteiger partial charge in [-0.2, -0.15) is 0 Å². The van der Waals surface area contributed by atoms with E-state index in [-0.39, 0.29) is 6.10 Å². The van der Waals surface area contributed by atoms with Gasteiger partial charge in [0.25, 0.3) is 0 Å². The topological polar surface area (TPSA) is 27.7 Å². The Morgan fingerprint density at radius 2 is 2.00 bits per heavy atom. The first kappa shape index (κ1) is 14.4. The summed E-state index contributed by atoms with van der Waals surface area (Å²) in [4.78, 5) is 0. The van der Waals surface area contributed by atoms with E-state index in [9.17, 15) is 0 Å². The lowest BCUT2D eigenvalue weighted by molar-refractivity contribution is 0.0927. The minimum Gasteiger partial charge on any atom is -0.485 e. The summed E-state index contributed by atoms with van der Waals surface area (Å²) in [6, 6.07) is 14.1. The van der Waals surface area contributed by atoms with Crippen LogP contribution >= 0.6 is 15.9 Å². The summed E-state index contributed by atoms with van der Waals surface area (Å²) in [5.41, 5.74) is 2.29. The number of ether oxygens (including phenoxy) is 3. The Morgan fingerprint density at radius 3 is 2.76 bits per heavy atom. The molecule has 0 amide bonds. The Balaban J connectivity index is 1.77. The van der Waals surface area contributed by atoms with Gasteiger partial charge in [0.1, 0.15) is 12.7 Å². The summed E-state index contributed by atoms with van der Waals surface area (Å²) in [7, 11) is 1.69. The number of fused-ring (bicyclic) bond motifs is 1. The summed E-state index contributed by atoms with van der Waals surface area (Å²) in [6.07, 6.45) is 0.898. The van der Waals surface area contributed by atoms with Crippen molar-refractivity contribution in [3.63, 3.8) is 0 Å². The minimum absolute atomic E-state index is 0.0581. The highest BCUT2D eigenvalue weighted by atomic mass is 79.9. The summed E-state index contributed by atoms with van der Waals surface area (Å²) in [6.45, 7) is 1.12. The molecule has 0 radical (unpaired) electrons. The molecule has 0 aromatic heterocycles. The van der Waals surface area contributed by atoms with E-state index in [2.05, 4.69) is 15.9 Å². The Morgan fingerprint density at radius 1 is 1.19 bits per heavy atom. The second-order valence-electron chi connectivity index (χ2n) is 5.03. The molecule has 1 unspecified atom stereocenters. The number of rotatable bonds is 5. The third kappa shape index (κ3) is 3.22. The van der Waals surface area contributed by atoms with Gasteiger partial charge in [-0.05, 0) is 17.7 Å². The van der Waals surface area contributed by atoms with Gasteiger partial charge in [-0.1, -0.05) is 46.3 Å². The maximum Gasteiger partial charge on any atom is 0.166 e. The number of halogens is 1. The van der Waals surface area contributed by atoms with Crippen LogP contribution < -0.4 is 9.47 Å². The first-order valence-electron chi connectivity index (χ1n) is 6.91. The van der Waals surface area contributed by atoms with Crippen LogP contribution in [0.4, 0.5) is 0 Å². The lowest BCUT2D eigenvalue weighted by Gasteiger charge is -2.13. The molecule has 1 atom stereocenters. The van der Waals surface area contributed by atoms with Crippen molar-refractivity contribution < 1.29 is 14.2 Å². The van der Waals surface area contributed by atoms with Crippen molar-refractivity contribution >= 4 is 15.9 Å². The minimum atomic E-state index is 0.0581. The maximum atomic E-state index is 5.97. The SMILES string of the molecule is COCC1Cc2c(Br)ccc(OCc3ccccc3)c2O1. The average Bonchev–Trinajstić information content (AvgIpc) is 2.93. The predicted octanol–water partition coefficient (Wildman–Crippen LogP) is 3.98. The first-order valence-corrected chi connectivity index (χ1v) is 7.71. The second kappa shape index (κ2) is 6.50. The highest BCUT2D eigenvalue weighted by molar-refractivity contribution is 9.10. The molecule has 1 heterocycles. The molecule has 0 saturated heterocycles. The Bertz CT molecular complexity index is 613. The molecule has 0 bridgehead atoms. The molecule has 4 heteroatoms. The van der Waals surface area contributed by atoms with Crippen LogP contribution in [0.5, 0.6) is 11.5 Å². The molecule has 3 nitrogen and oxygen atoms in total. The highest BCUT2D eigenvalue weighted by Gasteiger charge is 2.28. The van der Waals surface area contributed by atoms with Crippen molar-refractivity contribution in [2.75, 3.05) is 13.7 Å². The summed E-state index contributed by atoms with van der Waals surface area (Å²) in [5.74, 6) is 1.62. The van der Waals surface area contributed by atoms with E-state index in [1.807, 2.05) is 42.5 Å². The van der Waals surface area contributed by atoms with Crippen molar-refractivity contribution in [1.29, 1.82) is 0 Å². The number of benzene rings is 2. The Hall–Kier alpha value is -1.52. The molecule has 0 spiro atoms. The fraction of sp³-hybridized carbons (Fsp3) is 0.294. The lowest BCUT2D eigenvalue weighted by atomic mass is 10.1. The van der Waals surface area contributed by atoms with Crippen LogP contribution in [-0.4, -0.2) is 19.8 Å². The Kier molecular flexibility index (Phi) is 4.46. The van der Waals surface area contributed by atoms with Crippen molar-refractivity contribution in [2.45, 2.75) is 19.1 Å². The molecule has 1 aliphatic heterocycles. The zero-order valence-corrected chi connectivity index (χ0v) is 13.4. The molecule has 110 valence electrons. The fourth-order valence-corrected chi connectivity index (χ4v) is 2.94.